The standard InChI is InChI=1S/C8H11O3P.2Na/c1-7-2-4-8(5-3-7)6-12(9,10)11;;/h2-5H,6H2,1H3,(H2,9,10,11);;/q;2*+1/p-2. The average Bonchev–Trinajstić information content (AvgIpc) is 1.91. The van der Waals surface area contributed by atoms with Gasteiger partial charge in [-0.15, -0.1) is 0 Å². The summed E-state index contributed by atoms with van der Waals surface area (Å²) >= 11 is 0. The summed E-state index contributed by atoms with van der Waals surface area (Å²) in [5.74, 6) is 0. The first-order valence-corrected chi connectivity index (χ1v) is 5.27. The van der Waals surface area contributed by atoms with Crippen LogP contribution in [0.2, 0.25) is 0 Å². The molecule has 0 spiro atoms. The Morgan fingerprint density at radius 3 is 1.93 bits per heavy atom. The molecule has 6 heteroatoms. The topological polar surface area (TPSA) is 63.2 Å². The number of benzene rings is 1. The Balaban J connectivity index is 0. The van der Waals surface area contributed by atoms with Gasteiger partial charge in [-0.25, -0.2) is 0 Å². The van der Waals surface area contributed by atoms with Crippen molar-refractivity contribution >= 4 is 7.60 Å². The maximum atomic E-state index is 10.4. The number of rotatable bonds is 2. The third-order valence-corrected chi connectivity index (χ3v) is 2.25. The molecule has 0 amide bonds. The van der Waals surface area contributed by atoms with Crippen LogP contribution in [0.1, 0.15) is 11.1 Å². The van der Waals surface area contributed by atoms with Gasteiger partial charge in [-0.1, -0.05) is 37.4 Å². The van der Waals surface area contributed by atoms with Crippen molar-refractivity contribution in [2.45, 2.75) is 13.1 Å². The van der Waals surface area contributed by atoms with Crippen LogP contribution in [0, 0.1) is 6.92 Å². The second-order valence-corrected chi connectivity index (χ2v) is 4.29. The number of hydrogen-bond acceptors (Lipinski definition) is 3. The Labute approximate surface area is 128 Å². The van der Waals surface area contributed by atoms with Gasteiger partial charge in [0, 0.05) is 6.16 Å². The van der Waals surface area contributed by atoms with Gasteiger partial charge in [-0.2, -0.15) is 0 Å². The molecule has 0 aliphatic heterocycles. The van der Waals surface area contributed by atoms with E-state index in [1.165, 1.54) is 0 Å². The minimum absolute atomic E-state index is 0. The monoisotopic (exact) mass is 230 g/mol. The molecule has 14 heavy (non-hydrogen) atoms. The maximum absolute atomic E-state index is 10.4. The Hall–Kier alpha value is 1.37. The molecule has 0 aromatic heterocycles. The van der Waals surface area contributed by atoms with Crippen LogP contribution >= 0.6 is 7.60 Å². The van der Waals surface area contributed by atoms with Crippen molar-refractivity contribution < 1.29 is 73.5 Å². The van der Waals surface area contributed by atoms with E-state index < -0.39 is 13.8 Å². The van der Waals surface area contributed by atoms with E-state index in [9.17, 15) is 14.4 Å². The van der Waals surface area contributed by atoms with Crippen LogP contribution in [0.25, 0.3) is 0 Å². The van der Waals surface area contributed by atoms with E-state index in [0.29, 0.717) is 5.56 Å². The molecule has 0 radical (unpaired) electrons. The Morgan fingerprint density at radius 2 is 1.57 bits per heavy atom. The predicted octanol–water partition coefficient (Wildman–Crippen LogP) is -5.58. The van der Waals surface area contributed by atoms with Gasteiger partial charge < -0.3 is 14.4 Å². The maximum Gasteiger partial charge on any atom is 1.00 e. The molecule has 0 bridgehead atoms. The van der Waals surface area contributed by atoms with E-state index >= 15 is 0 Å². The van der Waals surface area contributed by atoms with Gasteiger partial charge in [0.25, 0.3) is 0 Å². The molecule has 3 nitrogen and oxygen atoms in total. The van der Waals surface area contributed by atoms with Crippen LogP contribution in [0.5, 0.6) is 0 Å². The van der Waals surface area contributed by atoms with Gasteiger partial charge in [-0.3, -0.25) is 0 Å². The first-order chi connectivity index (χ1) is 5.47. The third kappa shape index (κ3) is 7.63. The molecule has 1 aromatic carbocycles. The van der Waals surface area contributed by atoms with Crippen molar-refractivity contribution in [2.24, 2.45) is 0 Å². The zero-order chi connectivity index (χ0) is 9.19. The number of aryl methyl sites for hydroxylation is 1. The molecule has 0 saturated heterocycles. The van der Waals surface area contributed by atoms with Crippen LogP contribution in [0.3, 0.4) is 0 Å². The fourth-order valence-corrected chi connectivity index (χ4v) is 1.58. The molecule has 0 N–H and O–H groups in total. The van der Waals surface area contributed by atoms with Crippen molar-refractivity contribution in [2.75, 3.05) is 0 Å². The fraction of sp³-hybridized carbons (Fsp3) is 0.250. The van der Waals surface area contributed by atoms with Crippen LogP contribution in [-0.2, 0) is 10.7 Å². The summed E-state index contributed by atoms with van der Waals surface area (Å²) in [6, 6.07) is 6.87. The summed E-state index contributed by atoms with van der Waals surface area (Å²) in [5, 5.41) is 0. The Kier molecular flexibility index (Phi) is 9.65. The second-order valence-electron chi connectivity index (χ2n) is 2.75. The fourth-order valence-electron chi connectivity index (χ4n) is 0.917. The van der Waals surface area contributed by atoms with Crippen molar-refractivity contribution in [3.05, 3.63) is 35.4 Å². The van der Waals surface area contributed by atoms with Gasteiger partial charge in [0.15, 0.2) is 0 Å². The zero-order valence-electron chi connectivity index (χ0n) is 8.69. The Morgan fingerprint density at radius 1 is 1.14 bits per heavy atom. The summed E-state index contributed by atoms with van der Waals surface area (Å²) in [4.78, 5) is 20.7. The molecule has 0 saturated carbocycles. The first kappa shape index (κ1) is 17.8. The molecule has 0 aliphatic rings. The normalized spacial score (nSPS) is 9.93. The summed E-state index contributed by atoms with van der Waals surface area (Å²) in [7, 11) is -4.40. The molecule has 0 unspecified atom stereocenters. The van der Waals surface area contributed by atoms with Crippen molar-refractivity contribution in [1.82, 2.24) is 0 Å². The zero-order valence-corrected chi connectivity index (χ0v) is 13.6. The van der Waals surface area contributed by atoms with Crippen molar-refractivity contribution in [3.8, 4) is 0 Å². The van der Waals surface area contributed by atoms with Gasteiger partial charge in [0.05, 0.1) is 0 Å². The smallest absolute Gasteiger partial charge is 0.810 e. The van der Waals surface area contributed by atoms with E-state index in [1.54, 1.807) is 24.3 Å². The van der Waals surface area contributed by atoms with E-state index in [2.05, 4.69) is 0 Å². The second kappa shape index (κ2) is 7.61. The third-order valence-electron chi connectivity index (χ3n) is 1.50. The summed E-state index contributed by atoms with van der Waals surface area (Å²) in [6.07, 6.45) is -0.396. The quantitative estimate of drug-likeness (QED) is 0.376. The minimum Gasteiger partial charge on any atom is -0.810 e. The van der Waals surface area contributed by atoms with Crippen LogP contribution in [0.15, 0.2) is 24.3 Å². The van der Waals surface area contributed by atoms with E-state index in [0.717, 1.165) is 5.56 Å². The molecule has 0 heterocycles. The van der Waals surface area contributed by atoms with Crippen LogP contribution in [-0.4, -0.2) is 0 Å². The van der Waals surface area contributed by atoms with E-state index in [1.807, 2.05) is 6.92 Å². The molecular weight excluding hydrogens is 221 g/mol. The Bertz CT molecular complexity index is 307. The molecule has 1 aromatic rings. The minimum atomic E-state index is -4.40. The van der Waals surface area contributed by atoms with Crippen molar-refractivity contribution in [3.63, 3.8) is 0 Å². The molecule has 0 aliphatic carbocycles. The predicted molar refractivity (Wildman–Crippen MR) is 42.5 cm³/mol. The van der Waals surface area contributed by atoms with Crippen molar-refractivity contribution in [1.29, 1.82) is 0 Å². The van der Waals surface area contributed by atoms with Gasteiger partial charge in [-0.05, 0) is 12.5 Å². The summed E-state index contributed by atoms with van der Waals surface area (Å²) < 4.78 is 10.4. The first-order valence-electron chi connectivity index (χ1n) is 3.54. The molecule has 0 atom stereocenters. The molecular formula is C8H9Na2O3P. The average molecular weight is 230 g/mol. The van der Waals surface area contributed by atoms with Gasteiger partial charge in [0.2, 0.25) is 0 Å². The van der Waals surface area contributed by atoms with Gasteiger partial charge in [0.1, 0.15) is 0 Å². The molecule has 1 rings (SSSR count). The molecule has 66 valence electrons. The molecule has 0 fully saturated rings. The van der Waals surface area contributed by atoms with E-state index in [4.69, 9.17) is 0 Å². The van der Waals surface area contributed by atoms with E-state index in [-0.39, 0.29) is 59.1 Å². The van der Waals surface area contributed by atoms with Crippen LogP contribution in [0.4, 0.5) is 0 Å². The SMILES string of the molecule is Cc1ccc(CP(=O)([O-])[O-])cc1.[Na+].[Na+]. The largest absolute Gasteiger partial charge is 1.00 e. The van der Waals surface area contributed by atoms with Crippen LogP contribution < -0.4 is 68.9 Å². The summed E-state index contributed by atoms with van der Waals surface area (Å²) in [6.45, 7) is 1.90. The summed E-state index contributed by atoms with van der Waals surface area (Å²) in [5.41, 5.74) is 1.60. The number of hydrogen-bond donors (Lipinski definition) is 0. The van der Waals surface area contributed by atoms with Gasteiger partial charge >= 0.3 is 59.1 Å².